The Morgan fingerprint density at radius 3 is 2.56 bits per heavy atom. The Bertz CT molecular complexity index is 1140. The minimum absolute atomic E-state index is 0.117. The van der Waals surface area contributed by atoms with Crippen LogP contribution in [0.1, 0.15) is 54.1 Å². The number of hydrogen-bond donors (Lipinski definition) is 3. The normalized spacial score (nSPS) is 24.2. The highest BCUT2D eigenvalue weighted by molar-refractivity contribution is 5.96. The minimum Gasteiger partial charge on any atom is -0.385 e. The Morgan fingerprint density at radius 1 is 1.14 bits per heavy atom. The fourth-order valence-electron chi connectivity index (χ4n) is 5.01. The summed E-state index contributed by atoms with van der Waals surface area (Å²) in [6.07, 6.45) is 0.120. The van der Waals surface area contributed by atoms with Crippen LogP contribution < -0.4 is 10.6 Å². The van der Waals surface area contributed by atoms with E-state index < -0.39 is 29.2 Å². The topological polar surface area (TPSA) is 81.7 Å². The van der Waals surface area contributed by atoms with Crippen molar-refractivity contribution in [2.24, 2.45) is 0 Å². The third kappa shape index (κ3) is 5.90. The summed E-state index contributed by atoms with van der Waals surface area (Å²) in [4.78, 5) is 26.9. The molecule has 2 aromatic rings. The molecule has 0 spiro atoms. The molecule has 2 amide bonds. The highest BCUT2D eigenvalue weighted by atomic mass is 19.4. The summed E-state index contributed by atoms with van der Waals surface area (Å²) in [6, 6.07) is 13.8. The van der Waals surface area contributed by atoms with Gasteiger partial charge in [0, 0.05) is 36.3 Å². The number of carbonyl (C=O) groups excluding carboxylic acids is 2. The Labute approximate surface area is 208 Å². The van der Waals surface area contributed by atoms with Crippen molar-refractivity contribution >= 4 is 11.8 Å². The average molecular weight is 502 g/mol. The van der Waals surface area contributed by atoms with Gasteiger partial charge in [-0.3, -0.25) is 9.59 Å². The third-order valence-corrected chi connectivity index (χ3v) is 6.95. The number of amides is 2. The standard InChI is InChI=1S/C27H30F3N3O3/c1-18-14-22(17-33(18)23-10-12-26(36,13-11-23)20-7-3-2-4-8-20)32-24(34)16-31-25(35)19-6-5-9-21(15-19)27(28,29)30/h2-10,15,18,22,36H,11-14,16-17H2,1H3,(H,31,35)(H,32,34)/t18-,22?,26?/m0/s1. The van der Waals surface area contributed by atoms with Crippen molar-refractivity contribution in [3.05, 3.63) is 83.1 Å². The van der Waals surface area contributed by atoms with E-state index in [1.807, 2.05) is 30.3 Å². The van der Waals surface area contributed by atoms with Gasteiger partial charge in [-0.25, -0.2) is 0 Å². The number of carbonyl (C=O) groups is 2. The van der Waals surface area contributed by atoms with Gasteiger partial charge >= 0.3 is 6.18 Å². The van der Waals surface area contributed by atoms with Crippen LogP contribution in [0.4, 0.5) is 13.2 Å². The molecule has 1 aliphatic carbocycles. The van der Waals surface area contributed by atoms with Crippen LogP contribution in [0.2, 0.25) is 0 Å². The lowest BCUT2D eigenvalue weighted by atomic mass is 9.81. The summed E-state index contributed by atoms with van der Waals surface area (Å²) in [5.74, 6) is -1.14. The van der Waals surface area contributed by atoms with E-state index in [4.69, 9.17) is 0 Å². The van der Waals surface area contributed by atoms with Gasteiger partial charge in [0.05, 0.1) is 17.7 Å². The summed E-state index contributed by atoms with van der Waals surface area (Å²) in [7, 11) is 0. The van der Waals surface area contributed by atoms with Crippen LogP contribution in [0.15, 0.2) is 66.4 Å². The van der Waals surface area contributed by atoms with Crippen molar-refractivity contribution in [1.82, 2.24) is 15.5 Å². The van der Waals surface area contributed by atoms with Crippen LogP contribution in [0.25, 0.3) is 0 Å². The summed E-state index contributed by atoms with van der Waals surface area (Å²) >= 11 is 0. The van der Waals surface area contributed by atoms with Gasteiger partial charge in [-0.15, -0.1) is 0 Å². The molecule has 2 aromatic carbocycles. The lowest BCUT2D eigenvalue weighted by Gasteiger charge is -2.36. The van der Waals surface area contributed by atoms with E-state index in [-0.39, 0.29) is 24.2 Å². The van der Waals surface area contributed by atoms with Gasteiger partial charge in [0.15, 0.2) is 0 Å². The second kappa shape index (κ2) is 10.3. The smallest absolute Gasteiger partial charge is 0.385 e. The van der Waals surface area contributed by atoms with E-state index >= 15 is 0 Å². The lowest BCUT2D eigenvalue weighted by molar-refractivity contribution is -0.137. The highest BCUT2D eigenvalue weighted by Crippen LogP contribution is 2.38. The maximum absolute atomic E-state index is 12.9. The van der Waals surface area contributed by atoms with E-state index in [2.05, 4.69) is 28.5 Å². The Balaban J connectivity index is 1.28. The molecule has 0 radical (unpaired) electrons. The van der Waals surface area contributed by atoms with Crippen molar-refractivity contribution in [3.8, 4) is 0 Å². The summed E-state index contributed by atoms with van der Waals surface area (Å²) in [5, 5.41) is 16.4. The molecule has 2 aliphatic rings. The number of aliphatic hydroxyl groups is 1. The van der Waals surface area contributed by atoms with Crippen LogP contribution in [-0.2, 0) is 16.6 Å². The molecule has 192 valence electrons. The molecule has 0 aromatic heterocycles. The number of benzene rings is 2. The van der Waals surface area contributed by atoms with E-state index in [1.54, 1.807) is 0 Å². The van der Waals surface area contributed by atoms with Crippen LogP contribution in [-0.4, -0.2) is 47.0 Å². The van der Waals surface area contributed by atoms with Gasteiger partial charge in [-0.1, -0.05) is 42.5 Å². The largest absolute Gasteiger partial charge is 0.416 e. The maximum atomic E-state index is 12.9. The molecular formula is C27H30F3N3O3. The van der Waals surface area contributed by atoms with E-state index in [0.29, 0.717) is 19.4 Å². The molecule has 1 heterocycles. The number of nitrogens with zero attached hydrogens (tertiary/aromatic N) is 1. The molecule has 2 unspecified atom stereocenters. The predicted octanol–water partition coefficient (Wildman–Crippen LogP) is 3.97. The molecule has 0 bridgehead atoms. The van der Waals surface area contributed by atoms with Gasteiger partial charge in [0.25, 0.3) is 5.91 Å². The SMILES string of the molecule is C[C@H]1CC(NC(=O)CNC(=O)c2cccc(C(F)(F)F)c2)CN1C1=CCC(O)(c2ccccc2)CC1. The second-order valence-corrected chi connectivity index (χ2v) is 9.56. The first-order valence-corrected chi connectivity index (χ1v) is 12.0. The Morgan fingerprint density at radius 2 is 1.89 bits per heavy atom. The van der Waals surface area contributed by atoms with Crippen molar-refractivity contribution < 1.29 is 27.9 Å². The molecule has 1 saturated heterocycles. The molecule has 6 nitrogen and oxygen atoms in total. The lowest BCUT2D eigenvalue weighted by Crippen LogP contribution is -2.43. The molecule has 36 heavy (non-hydrogen) atoms. The first-order chi connectivity index (χ1) is 17.0. The van der Waals surface area contributed by atoms with Crippen molar-refractivity contribution in [2.75, 3.05) is 13.1 Å². The molecule has 3 N–H and O–H groups in total. The zero-order valence-corrected chi connectivity index (χ0v) is 20.0. The maximum Gasteiger partial charge on any atom is 0.416 e. The van der Waals surface area contributed by atoms with Crippen LogP contribution in [0.3, 0.4) is 0 Å². The van der Waals surface area contributed by atoms with Crippen molar-refractivity contribution in [3.63, 3.8) is 0 Å². The van der Waals surface area contributed by atoms with Crippen LogP contribution >= 0.6 is 0 Å². The number of rotatable bonds is 6. The molecule has 3 atom stereocenters. The molecule has 1 fully saturated rings. The summed E-state index contributed by atoms with van der Waals surface area (Å²) in [6.45, 7) is 2.37. The van der Waals surface area contributed by atoms with Gasteiger partial charge in [0.2, 0.25) is 5.91 Å². The first-order valence-electron chi connectivity index (χ1n) is 12.0. The summed E-state index contributed by atoms with van der Waals surface area (Å²) in [5.41, 5.74) is 0.112. The minimum atomic E-state index is -4.55. The fraction of sp³-hybridized carbons (Fsp3) is 0.407. The first kappa shape index (κ1) is 25.8. The predicted molar refractivity (Wildman–Crippen MR) is 129 cm³/mol. The van der Waals surface area contributed by atoms with Gasteiger partial charge in [0.1, 0.15) is 0 Å². The number of nitrogens with one attached hydrogen (secondary N) is 2. The highest BCUT2D eigenvalue weighted by Gasteiger charge is 2.36. The number of likely N-dealkylation sites (tertiary alicyclic amines) is 1. The zero-order valence-electron chi connectivity index (χ0n) is 20.0. The van der Waals surface area contributed by atoms with Gasteiger partial charge in [-0.05, 0) is 49.9 Å². The molecule has 4 rings (SSSR count). The van der Waals surface area contributed by atoms with Gasteiger partial charge < -0.3 is 20.6 Å². The van der Waals surface area contributed by atoms with E-state index in [1.165, 1.54) is 6.07 Å². The fourth-order valence-corrected chi connectivity index (χ4v) is 5.01. The second-order valence-electron chi connectivity index (χ2n) is 9.56. The van der Waals surface area contributed by atoms with Crippen LogP contribution in [0.5, 0.6) is 0 Å². The molecule has 0 saturated carbocycles. The quantitative estimate of drug-likeness (QED) is 0.560. The van der Waals surface area contributed by atoms with Crippen molar-refractivity contribution in [1.29, 1.82) is 0 Å². The molecule has 1 aliphatic heterocycles. The number of alkyl halides is 3. The van der Waals surface area contributed by atoms with Gasteiger partial charge in [-0.2, -0.15) is 13.2 Å². The van der Waals surface area contributed by atoms with Crippen molar-refractivity contribution in [2.45, 2.75) is 56.5 Å². The number of hydrogen-bond acceptors (Lipinski definition) is 4. The summed E-state index contributed by atoms with van der Waals surface area (Å²) < 4.78 is 38.6. The van der Waals surface area contributed by atoms with Crippen LogP contribution in [0, 0.1) is 0 Å². The third-order valence-electron chi connectivity index (χ3n) is 6.95. The number of allylic oxidation sites excluding steroid dienone is 1. The number of halogens is 3. The average Bonchev–Trinajstić information content (AvgIpc) is 3.22. The molecule has 9 heteroatoms. The Kier molecular flexibility index (Phi) is 7.40. The zero-order chi connectivity index (χ0) is 25.9. The monoisotopic (exact) mass is 501 g/mol. The Hall–Kier alpha value is -3.33. The van der Waals surface area contributed by atoms with E-state index in [0.717, 1.165) is 42.3 Å². The molecular weight excluding hydrogens is 471 g/mol. The van der Waals surface area contributed by atoms with E-state index in [9.17, 15) is 27.9 Å².